The molecular weight excluding hydrogens is 180 g/mol. The van der Waals surface area contributed by atoms with E-state index >= 15 is 0 Å². The lowest BCUT2D eigenvalue weighted by molar-refractivity contribution is 0.637. The van der Waals surface area contributed by atoms with Crippen molar-refractivity contribution in [1.29, 1.82) is 0 Å². The Morgan fingerprint density at radius 1 is 1.46 bits per heavy atom. The third-order valence-corrected chi connectivity index (χ3v) is 3.71. The quantitative estimate of drug-likeness (QED) is 0.623. The number of hydrogen-bond donors (Lipinski definition) is 2. The summed E-state index contributed by atoms with van der Waals surface area (Å²) in [5.74, 6) is 1.06. The summed E-state index contributed by atoms with van der Waals surface area (Å²) in [5.41, 5.74) is 8.09. The zero-order valence-electron chi connectivity index (χ0n) is 7.92. The number of hydrogen-bond acceptors (Lipinski definition) is 3. The number of thioether (sulfide) groups is 1. The van der Waals surface area contributed by atoms with Gasteiger partial charge in [0.15, 0.2) is 0 Å². The molecule has 0 amide bonds. The van der Waals surface area contributed by atoms with E-state index in [0.29, 0.717) is 0 Å². The second-order valence-corrected chi connectivity index (χ2v) is 5.01. The molecule has 0 unspecified atom stereocenters. The Hall–Kier alpha value is -0.830. The van der Waals surface area contributed by atoms with Crippen LogP contribution in [0.25, 0.3) is 0 Å². The molecule has 0 spiro atoms. The molecule has 0 aromatic heterocycles. The highest BCUT2D eigenvalue weighted by molar-refractivity contribution is 7.99. The Morgan fingerprint density at radius 2 is 2.23 bits per heavy atom. The van der Waals surface area contributed by atoms with E-state index in [4.69, 9.17) is 5.73 Å². The molecule has 0 aliphatic carbocycles. The Labute approximate surface area is 82.9 Å². The van der Waals surface area contributed by atoms with Crippen molar-refractivity contribution >= 4 is 23.1 Å². The topological polar surface area (TPSA) is 38.0 Å². The average Bonchev–Trinajstić information content (AvgIpc) is 2.02. The predicted octanol–water partition coefficient (Wildman–Crippen LogP) is 2.57. The van der Waals surface area contributed by atoms with Gasteiger partial charge in [0, 0.05) is 17.0 Å². The van der Waals surface area contributed by atoms with Crippen LogP contribution in [0.15, 0.2) is 23.1 Å². The van der Waals surface area contributed by atoms with Crippen LogP contribution >= 0.6 is 11.8 Å². The zero-order chi connectivity index (χ0) is 9.47. The van der Waals surface area contributed by atoms with Crippen molar-refractivity contribution in [3.05, 3.63) is 18.2 Å². The number of nitrogens with one attached hydrogen (secondary N) is 1. The van der Waals surface area contributed by atoms with Gasteiger partial charge < -0.3 is 11.1 Å². The van der Waals surface area contributed by atoms with Crippen molar-refractivity contribution in [1.82, 2.24) is 0 Å². The first-order valence-corrected chi connectivity index (χ1v) is 5.36. The molecule has 0 saturated carbocycles. The number of rotatable bonds is 0. The first-order chi connectivity index (χ1) is 6.08. The van der Waals surface area contributed by atoms with Crippen molar-refractivity contribution in [3.63, 3.8) is 0 Å². The number of benzene rings is 1. The highest BCUT2D eigenvalue weighted by atomic mass is 32.2. The van der Waals surface area contributed by atoms with E-state index in [2.05, 4.69) is 25.2 Å². The minimum absolute atomic E-state index is 0.172. The molecule has 3 N–H and O–H groups in total. The number of anilines is 2. The molecule has 70 valence electrons. The highest BCUT2D eigenvalue weighted by Crippen LogP contribution is 2.40. The summed E-state index contributed by atoms with van der Waals surface area (Å²) < 4.78 is 0. The van der Waals surface area contributed by atoms with Gasteiger partial charge in [-0.15, -0.1) is 11.8 Å². The third kappa shape index (κ3) is 1.61. The summed E-state index contributed by atoms with van der Waals surface area (Å²) in [6, 6.07) is 6.02. The molecule has 0 radical (unpaired) electrons. The smallest absolute Gasteiger partial charge is 0.0535 e. The van der Waals surface area contributed by atoms with Crippen LogP contribution in [0.3, 0.4) is 0 Å². The van der Waals surface area contributed by atoms with Gasteiger partial charge in [-0.3, -0.25) is 0 Å². The van der Waals surface area contributed by atoms with Crippen LogP contribution in [0.1, 0.15) is 13.8 Å². The maximum Gasteiger partial charge on any atom is 0.0535 e. The minimum Gasteiger partial charge on any atom is -0.398 e. The van der Waals surface area contributed by atoms with E-state index < -0.39 is 0 Å². The van der Waals surface area contributed by atoms with Crippen molar-refractivity contribution in [2.45, 2.75) is 24.3 Å². The Morgan fingerprint density at radius 3 is 3.00 bits per heavy atom. The van der Waals surface area contributed by atoms with E-state index in [1.165, 1.54) is 10.6 Å². The molecule has 1 aromatic carbocycles. The minimum atomic E-state index is 0.172. The lowest BCUT2D eigenvalue weighted by atomic mass is 10.1. The molecule has 2 rings (SSSR count). The maximum absolute atomic E-state index is 5.87. The molecule has 1 aliphatic heterocycles. The average molecular weight is 194 g/mol. The summed E-state index contributed by atoms with van der Waals surface area (Å²) in [6.45, 7) is 4.40. The van der Waals surface area contributed by atoms with Crippen LogP contribution in [0.2, 0.25) is 0 Å². The largest absolute Gasteiger partial charge is 0.398 e. The molecular formula is C10H14N2S. The number of nitrogens with two attached hydrogens (primary N) is 1. The third-order valence-electron chi connectivity index (χ3n) is 2.10. The molecule has 0 bridgehead atoms. The second-order valence-electron chi connectivity index (χ2n) is 4.02. The summed E-state index contributed by atoms with van der Waals surface area (Å²) in [5, 5.41) is 3.48. The van der Waals surface area contributed by atoms with Gasteiger partial charge in [-0.1, -0.05) is 6.07 Å². The molecule has 0 saturated heterocycles. The normalized spacial score (nSPS) is 18.9. The number of fused-ring (bicyclic) bond motifs is 1. The Balaban J connectivity index is 2.42. The van der Waals surface area contributed by atoms with Gasteiger partial charge in [0.1, 0.15) is 0 Å². The van der Waals surface area contributed by atoms with E-state index in [9.17, 15) is 0 Å². The lowest BCUT2D eigenvalue weighted by Crippen LogP contribution is -2.36. The SMILES string of the molecule is CC1(C)CSc2c(N)cccc2N1. The van der Waals surface area contributed by atoms with Crippen LogP contribution in [-0.4, -0.2) is 11.3 Å². The predicted molar refractivity (Wildman–Crippen MR) is 59.3 cm³/mol. The Kier molecular flexibility index (Phi) is 1.91. The van der Waals surface area contributed by atoms with Crippen LogP contribution in [-0.2, 0) is 0 Å². The molecule has 1 aromatic rings. The summed E-state index contributed by atoms with van der Waals surface area (Å²) in [7, 11) is 0. The first kappa shape index (κ1) is 8.75. The summed E-state index contributed by atoms with van der Waals surface area (Å²) in [4.78, 5) is 1.20. The van der Waals surface area contributed by atoms with Gasteiger partial charge in [-0.25, -0.2) is 0 Å². The standard InChI is InChI=1S/C10H14N2S/c1-10(2)6-13-9-7(11)4-3-5-8(9)12-10/h3-5,12H,6,11H2,1-2H3. The van der Waals surface area contributed by atoms with Gasteiger partial charge in [-0.2, -0.15) is 0 Å². The molecule has 1 heterocycles. The van der Waals surface area contributed by atoms with Crippen LogP contribution in [0.5, 0.6) is 0 Å². The fraction of sp³-hybridized carbons (Fsp3) is 0.400. The van der Waals surface area contributed by atoms with Crippen molar-refractivity contribution in [2.24, 2.45) is 0 Å². The molecule has 3 heteroatoms. The zero-order valence-corrected chi connectivity index (χ0v) is 8.74. The maximum atomic E-state index is 5.87. The molecule has 0 atom stereocenters. The monoisotopic (exact) mass is 194 g/mol. The summed E-state index contributed by atoms with van der Waals surface area (Å²) >= 11 is 1.83. The van der Waals surface area contributed by atoms with Gasteiger partial charge in [-0.05, 0) is 26.0 Å². The summed E-state index contributed by atoms with van der Waals surface area (Å²) in [6.07, 6.45) is 0. The molecule has 13 heavy (non-hydrogen) atoms. The fourth-order valence-corrected chi connectivity index (χ4v) is 2.55. The van der Waals surface area contributed by atoms with Gasteiger partial charge in [0.25, 0.3) is 0 Å². The van der Waals surface area contributed by atoms with Gasteiger partial charge >= 0.3 is 0 Å². The molecule has 1 aliphatic rings. The Bertz CT molecular complexity index is 334. The van der Waals surface area contributed by atoms with E-state index in [1.807, 2.05) is 23.9 Å². The molecule has 2 nitrogen and oxygen atoms in total. The van der Waals surface area contributed by atoms with E-state index in [-0.39, 0.29) is 5.54 Å². The van der Waals surface area contributed by atoms with Crippen LogP contribution < -0.4 is 11.1 Å². The fourth-order valence-electron chi connectivity index (χ4n) is 1.47. The van der Waals surface area contributed by atoms with Crippen molar-refractivity contribution in [3.8, 4) is 0 Å². The highest BCUT2D eigenvalue weighted by Gasteiger charge is 2.25. The second kappa shape index (κ2) is 2.84. The van der Waals surface area contributed by atoms with E-state index in [0.717, 1.165) is 11.4 Å². The van der Waals surface area contributed by atoms with Crippen molar-refractivity contribution < 1.29 is 0 Å². The van der Waals surface area contributed by atoms with Gasteiger partial charge in [0.05, 0.1) is 10.6 Å². The van der Waals surface area contributed by atoms with E-state index in [1.54, 1.807) is 0 Å². The van der Waals surface area contributed by atoms with Crippen LogP contribution in [0.4, 0.5) is 11.4 Å². The number of nitrogen functional groups attached to an aromatic ring is 1. The first-order valence-electron chi connectivity index (χ1n) is 4.38. The van der Waals surface area contributed by atoms with Gasteiger partial charge in [0.2, 0.25) is 0 Å². The molecule has 0 fully saturated rings. The lowest BCUT2D eigenvalue weighted by Gasteiger charge is -2.33. The van der Waals surface area contributed by atoms with Crippen LogP contribution in [0, 0.1) is 0 Å². The van der Waals surface area contributed by atoms with Crippen molar-refractivity contribution in [2.75, 3.05) is 16.8 Å².